The van der Waals surface area contributed by atoms with Crippen LogP contribution in [-0.2, 0) is 17.6 Å². The molecule has 190 valence electrons. The van der Waals surface area contributed by atoms with E-state index in [9.17, 15) is 0 Å². The lowest BCUT2D eigenvalue weighted by molar-refractivity contribution is 0.0384. The largest absolute Gasteiger partial charge is 0.379 e. The number of aromatic nitrogens is 3. The number of halogens is 1. The zero-order chi connectivity index (χ0) is 25.2. The fraction of sp³-hybridized carbons (Fsp3) is 0.333. The molecule has 1 aromatic heterocycles. The number of aryl methyl sites for hydroxylation is 2. The molecule has 1 N–H and O–H groups in total. The van der Waals surface area contributed by atoms with Gasteiger partial charge >= 0.3 is 0 Å². The van der Waals surface area contributed by atoms with Crippen molar-refractivity contribution in [1.29, 1.82) is 0 Å². The van der Waals surface area contributed by atoms with Crippen LogP contribution in [0.15, 0.2) is 66.7 Å². The first-order chi connectivity index (χ1) is 18.1. The standard InChI is InChI=1S/C30H32ClN5O/c1-21-33-34-30-13-11-28(32-26-9-7-25(31)8-10-26)27-20-24(6-12-29(27)36(21)30)23-4-2-22(3-5-23)14-15-35-16-18-37-19-17-35/h2-10,12,20,28,32H,11,13-19H2,1H3. The summed E-state index contributed by atoms with van der Waals surface area (Å²) in [6.45, 7) is 6.87. The number of ether oxygens (including phenoxy) is 1. The van der Waals surface area contributed by atoms with Crippen molar-refractivity contribution in [3.8, 4) is 16.8 Å². The number of fused-ring (bicyclic) bond motifs is 3. The molecule has 37 heavy (non-hydrogen) atoms. The number of nitrogens with one attached hydrogen (secondary N) is 1. The number of anilines is 1. The lowest BCUT2D eigenvalue weighted by Crippen LogP contribution is -2.37. The quantitative estimate of drug-likeness (QED) is 0.349. The fourth-order valence-corrected chi connectivity index (χ4v) is 5.53. The second-order valence-electron chi connectivity index (χ2n) is 9.92. The van der Waals surface area contributed by atoms with E-state index in [0.717, 1.165) is 80.2 Å². The molecule has 2 aliphatic heterocycles. The van der Waals surface area contributed by atoms with Crippen molar-refractivity contribution >= 4 is 17.3 Å². The first-order valence-electron chi connectivity index (χ1n) is 13.1. The number of benzene rings is 3. The SMILES string of the molecule is Cc1nnc2n1-c1ccc(-c3ccc(CCN4CCOCC4)cc3)cc1C(Nc1ccc(Cl)cc1)CC2. The monoisotopic (exact) mass is 513 g/mol. The van der Waals surface area contributed by atoms with Crippen LogP contribution in [0.25, 0.3) is 16.8 Å². The van der Waals surface area contributed by atoms with Gasteiger partial charge in [0.15, 0.2) is 0 Å². The Kier molecular flexibility index (Phi) is 6.96. The van der Waals surface area contributed by atoms with Crippen molar-refractivity contribution in [2.24, 2.45) is 0 Å². The molecule has 4 aromatic rings. The summed E-state index contributed by atoms with van der Waals surface area (Å²) in [4.78, 5) is 2.49. The third kappa shape index (κ3) is 5.28. The normalized spacial score (nSPS) is 17.6. The second kappa shape index (κ2) is 10.7. The molecule has 1 fully saturated rings. The molecule has 0 spiro atoms. The topological polar surface area (TPSA) is 55.2 Å². The molecule has 0 bridgehead atoms. The summed E-state index contributed by atoms with van der Waals surface area (Å²) in [5, 5.41) is 13.3. The van der Waals surface area contributed by atoms with Crippen LogP contribution in [0, 0.1) is 6.92 Å². The Balaban J connectivity index is 1.28. The Bertz CT molecular complexity index is 1360. The van der Waals surface area contributed by atoms with Gasteiger partial charge in [-0.05, 0) is 78.4 Å². The van der Waals surface area contributed by atoms with Gasteiger partial charge in [-0.3, -0.25) is 9.47 Å². The van der Waals surface area contributed by atoms with Crippen molar-refractivity contribution in [2.45, 2.75) is 32.2 Å². The van der Waals surface area contributed by atoms with Gasteiger partial charge in [0.2, 0.25) is 0 Å². The Morgan fingerprint density at radius 2 is 1.70 bits per heavy atom. The summed E-state index contributed by atoms with van der Waals surface area (Å²) in [6.07, 6.45) is 2.85. The minimum absolute atomic E-state index is 0.144. The lowest BCUT2D eigenvalue weighted by Gasteiger charge is -2.26. The zero-order valence-corrected chi connectivity index (χ0v) is 21.9. The van der Waals surface area contributed by atoms with Crippen molar-refractivity contribution < 1.29 is 4.74 Å². The predicted molar refractivity (Wildman–Crippen MR) is 149 cm³/mol. The van der Waals surface area contributed by atoms with Gasteiger partial charge in [-0.15, -0.1) is 10.2 Å². The van der Waals surface area contributed by atoms with Gasteiger partial charge in [-0.1, -0.05) is 41.9 Å². The minimum Gasteiger partial charge on any atom is -0.379 e. The second-order valence-corrected chi connectivity index (χ2v) is 10.4. The molecule has 1 saturated heterocycles. The van der Waals surface area contributed by atoms with Crippen molar-refractivity contribution in [1.82, 2.24) is 19.7 Å². The molecule has 7 heteroatoms. The van der Waals surface area contributed by atoms with E-state index in [1.165, 1.54) is 22.3 Å². The highest BCUT2D eigenvalue weighted by Crippen LogP contribution is 2.36. The molecule has 3 aromatic carbocycles. The molecule has 2 aliphatic rings. The summed E-state index contributed by atoms with van der Waals surface area (Å²) in [5.41, 5.74) is 7.28. The summed E-state index contributed by atoms with van der Waals surface area (Å²) >= 11 is 6.13. The van der Waals surface area contributed by atoms with Crippen LogP contribution in [0.5, 0.6) is 0 Å². The van der Waals surface area contributed by atoms with E-state index in [-0.39, 0.29) is 6.04 Å². The van der Waals surface area contributed by atoms with Gasteiger partial charge in [0, 0.05) is 36.8 Å². The van der Waals surface area contributed by atoms with Crippen molar-refractivity contribution in [3.63, 3.8) is 0 Å². The summed E-state index contributed by atoms with van der Waals surface area (Å²) in [7, 11) is 0. The third-order valence-electron chi connectivity index (χ3n) is 7.49. The Morgan fingerprint density at radius 1 is 0.946 bits per heavy atom. The van der Waals surface area contributed by atoms with Gasteiger partial charge in [0.25, 0.3) is 0 Å². The summed E-state index contributed by atoms with van der Waals surface area (Å²) in [5.74, 6) is 1.93. The Morgan fingerprint density at radius 3 is 2.49 bits per heavy atom. The molecular weight excluding hydrogens is 482 g/mol. The van der Waals surface area contributed by atoms with Crippen LogP contribution < -0.4 is 5.32 Å². The van der Waals surface area contributed by atoms with Crippen LogP contribution in [-0.4, -0.2) is 52.5 Å². The summed E-state index contributed by atoms with van der Waals surface area (Å²) in [6, 6.07) is 23.9. The highest BCUT2D eigenvalue weighted by atomic mass is 35.5. The average molecular weight is 514 g/mol. The first-order valence-corrected chi connectivity index (χ1v) is 13.5. The van der Waals surface area contributed by atoms with Gasteiger partial charge in [-0.2, -0.15) is 0 Å². The van der Waals surface area contributed by atoms with E-state index in [1.54, 1.807) is 0 Å². The van der Waals surface area contributed by atoms with E-state index in [4.69, 9.17) is 16.3 Å². The van der Waals surface area contributed by atoms with Crippen LogP contribution in [0.4, 0.5) is 5.69 Å². The summed E-state index contributed by atoms with van der Waals surface area (Å²) < 4.78 is 7.68. The molecule has 0 radical (unpaired) electrons. The highest BCUT2D eigenvalue weighted by Gasteiger charge is 2.25. The number of rotatable bonds is 6. The van der Waals surface area contributed by atoms with Crippen LogP contribution >= 0.6 is 11.6 Å². The molecular formula is C30H32ClN5O. The average Bonchev–Trinajstić information content (AvgIpc) is 3.23. The van der Waals surface area contributed by atoms with Crippen LogP contribution in [0.2, 0.25) is 5.02 Å². The van der Waals surface area contributed by atoms with E-state index in [1.807, 2.05) is 31.2 Å². The zero-order valence-electron chi connectivity index (χ0n) is 21.2. The molecule has 6 nitrogen and oxygen atoms in total. The van der Waals surface area contributed by atoms with Crippen molar-refractivity contribution in [3.05, 3.63) is 94.5 Å². The van der Waals surface area contributed by atoms with Gasteiger partial charge in [0.05, 0.1) is 24.9 Å². The number of hydrogen-bond acceptors (Lipinski definition) is 5. The highest BCUT2D eigenvalue weighted by molar-refractivity contribution is 6.30. The maximum atomic E-state index is 6.13. The smallest absolute Gasteiger partial charge is 0.137 e. The molecule has 0 aliphatic carbocycles. The van der Waals surface area contributed by atoms with E-state index < -0.39 is 0 Å². The Hall–Kier alpha value is -3.19. The third-order valence-corrected chi connectivity index (χ3v) is 7.74. The molecule has 0 amide bonds. The molecule has 1 atom stereocenters. The predicted octanol–water partition coefficient (Wildman–Crippen LogP) is 5.87. The van der Waals surface area contributed by atoms with E-state index in [2.05, 4.69) is 67.4 Å². The fourth-order valence-electron chi connectivity index (χ4n) is 5.40. The van der Waals surface area contributed by atoms with Gasteiger partial charge < -0.3 is 10.1 Å². The Labute approximate surface area is 223 Å². The van der Waals surface area contributed by atoms with Crippen LogP contribution in [0.3, 0.4) is 0 Å². The maximum absolute atomic E-state index is 6.13. The molecule has 6 rings (SSSR count). The minimum atomic E-state index is 0.144. The number of hydrogen-bond donors (Lipinski definition) is 1. The number of nitrogens with zero attached hydrogens (tertiary/aromatic N) is 4. The van der Waals surface area contributed by atoms with Gasteiger partial charge in [0.1, 0.15) is 11.6 Å². The first kappa shape index (κ1) is 24.2. The maximum Gasteiger partial charge on any atom is 0.137 e. The van der Waals surface area contributed by atoms with E-state index >= 15 is 0 Å². The van der Waals surface area contributed by atoms with Crippen LogP contribution in [0.1, 0.15) is 35.2 Å². The van der Waals surface area contributed by atoms with E-state index in [0.29, 0.717) is 0 Å². The van der Waals surface area contributed by atoms with Gasteiger partial charge in [-0.25, -0.2) is 0 Å². The molecule has 0 saturated carbocycles. The van der Waals surface area contributed by atoms with Crippen molar-refractivity contribution in [2.75, 3.05) is 38.2 Å². The number of morpholine rings is 1. The lowest BCUT2D eigenvalue weighted by atomic mass is 9.95. The molecule has 3 heterocycles. The molecule has 1 unspecified atom stereocenters.